The van der Waals surface area contributed by atoms with Gasteiger partial charge in [0.05, 0.1) is 18.7 Å². The summed E-state index contributed by atoms with van der Waals surface area (Å²) in [6.45, 7) is 1.88. The van der Waals surface area contributed by atoms with E-state index in [0.717, 1.165) is 45.2 Å². The highest BCUT2D eigenvalue weighted by Gasteiger charge is 2.31. The Balaban J connectivity index is 1.95. The number of amides is 1. The van der Waals surface area contributed by atoms with Crippen LogP contribution in [0.3, 0.4) is 0 Å². The highest BCUT2D eigenvalue weighted by Crippen LogP contribution is 2.19. The average Bonchev–Trinajstić information content (AvgIpc) is 2.39. The Morgan fingerprint density at radius 3 is 2.75 bits per heavy atom. The van der Waals surface area contributed by atoms with Crippen LogP contribution in [0.4, 0.5) is 0 Å². The monoisotopic (exact) mass is 226 g/mol. The van der Waals surface area contributed by atoms with Crippen LogP contribution in [0.25, 0.3) is 0 Å². The average molecular weight is 226 g/mol. The van der Waals surface area contributed by atoms with Crippen LogP contribution in [0.15, 0.2) is 0 Å². The van der Waals surface area contributed by atoms with E-state index in [1.807, 2.05) is 4.90 Å². The number of hydrogen-bond donors (Lipinski definition) is 2. The van der Waals surface area contributed by atoms with Crippen molar-refractivity contribution in [1.82, 2.24) is 10.2 Å². The van der Waals surface area contributed by atoms with Gasteiger partial charge in [-0.2, -0.15) is 0 Å². The molecule has 0 saturated carbocycles. The Hall–Kier alpha value is -0.610. The molecule has 2 aliphatic rings. The van der Waals surface area contributed by atoms with E-state index in [1.54, 1.807) is 0 Å². The maximum atomic E-state index is 12.3. The molecular weight excluding hydrogens is 204 g/mol. The summed E-state index contributed by atoms with van der Waals surface area (Å²) in [5, 5.41) is 12.6. The fourth-order valence-corrected chi connectivity index (χ4v) is 2.74. The summed E-state index contributed by atoms with van der Waals surface area (Å²) < 4.78 is 0. The molecule has 0 bridgehead atoms. The Kier molecular flexibility index (Phi) is 4.18. The first-order chi connectivity index (χ1) is 7.83. The maximum Gasteiger partial charge on any atom is 0.240 e. The summed E-state index contributed by atoms with van der Waals surface area (Å²) in [5.74, 6) is 0.207. The van der Waals surface area contributed by atoms with E-state index in [0.29, 0.717) is 0 Å². The van der Waals surface area contributed by atoms with Gasteiger partial charge in [0.2, 0.25) is 5.91 Å². The first-order valence-corrected chi connectivity index (χ1v) is 6.47. The number of aliphatic hydroxyl groups is 1. The SMILES string of the molecule is O=C([C@H]1CCCCN1)N1CCCCC1CO. The Bertz CT molecular complexity index is 239. The summed E-state index contributed by atoms with van der Waals surface area (Å²) in [6, 6.07) is 0.0610. The van der Waals surface area contributed by atoms with Crippen LogP contribution in [0.2, 0.25) is 0 Å². The van der Waals surface area contributed by atoms with Crippen molar-refractivity contribution in [2.75, 3.05) is 19.7 Å². The van der Waals surface area contributed by atoms with E-state index in [4.69, 9.17) is 0 Å². The second kappa shape index (κ2) is 5.64. The van der Waals surface area contributed by atoms with Crippen molar-refractivity contribution in [2.24, 2.45) is 0 Å². The molecule has 2 fully saturated rings. The van der Waals surface area contributed by atoms with Gasteiger partial charge in [0.1, 0.15) is 0 Å². The third-order valence-corrected chi connectivity index (χ3v) is 3.73. The number of carbonyl (C=O) groups is 1. The van der Waals surface area contributed by atoms with E-state index in [-0.39, 0.29) is 24.6 Å². The lowest BCUT2D eigenvalue weighted by Gasteiger charge is -2.38. The van der Waals surface area contributed by atoms with Crippen molar-refractivity contribution in [3.05, 3.63) is 0 Å². The Labute approximate surface area is 97.0 Å². The van der Waals surface area contributed by atoms with Gasteiger partial charge < -0.3 is 15.3 Å². The van der Waals surface area contributed by atoms with E-state index < -0.39 is 0 Å². The molecule has 0 spiro atoms. The number of nitrogens with one attached hydrogen (secondary N) is 1. The molecule has 16 heavy (non-hydrogen) atoms. The molecule has 0 aliphatic carbocycles. The standard InChI is InChI=1S/C12H22N2O2/c15-9-10-5-2-4-8-14(10)12(16)11-6-1-3-7-13-11/h10-11,13,15H,1-9H2/t10?,11-/m1/s1. The van der Waals surface area contributed by atoms with Crippen molar-refractivity contribution < 1.29 is 9.90 Å². The van der Waals surface area contributed by atoms with Gasteiger partial charge in [-0.25, -0.2) is 0 Å². The number of carbonyl (C=O) groups excluding carboxylic acids is 1. The van der Waals surface area contributed by atoms with Gasteiger partial charge in [0, 0.05) is 6.54 Å². The molecule has 2 atom stereocenters. The lowest BCUT2D eigenvalue weighted by atomic mass is 9.98. The number of rotatable bonds is 2. The molecule has 2 saturated heterocycles. The van der Waals surface area contributed by atoms with Crippen molar-refractivity contribution >= 4 is 5.91 Å². The number of piperidine rings is 2. The Morgan fingerprint density at radius 1 is 1.25 bits per heavy atom. The van der Waals surface area contributed by atoms with Crippen LogP contribution in [-0.4, -0.2) is 47.7 Å². The zero-order valence-electron chi connectivity index (χ0n) is 9.82. The Morgan fingerprint density at radius 2 is 2.06 bits per heavy atom. The molecule has 2 aliphatic heterocycles. The number of likely N-dealkylation sites (tertiary alicyclic amines) is 1. The van der Waals surface area contributed by atoms with Gasteiger partial charge in [0.15, 0.2) is 0 Å². The zero-order chi connectivity index (χ0) is 11.4. The van der Waals surface area contributed by atoms with Crippen LogP contribution >= 0.6 is 0 Å². The zero-order valence-corrected chi connectivity index (χ0v) is 9.82. The molecular formula is C12H22N2O2. The van der Waals surface area contributed by atoms with Crippen molar-refractivity contribution in [3.63, 3.8) is 0 Å². The van der Waals surface area contributed by atoms with Gasteiger partial charge in [-0.3, -0.25) is 4.79 Å². The largest absolute Gasteiger partial charge is 0.394 e. The molecule has 0 aromatic rings. The van der Waals surface area contributed by atoms with Crippen LogP contribution in [0.1, 0.15) is 38.5 Å². The first kappa shape index (κ1) is 11.9. The molecule has 2 heterocycles. The lowest BCUT2D eigenvalue weighted by molar-refractivity contribution is -0.138. The van der Waals surface area contributed by atoms with E-state index in [1.165, 1.54) is 6.42 Å². The van der Waals surface area contributed by atoms with E-state index in [9.17, 15) is 9.90 Å². The van der Waals surface area contributed by atoms with Gasteiger partial charge in [-0.05, 0) is 38.6 Å². The highest BCUT2D eigenvalue weighted by molar-refractivity contribution is 5.82. The molecule has 0 aromatic carbocycles. The van der Waals surface area contributed by atoms with Crippen molar-refractivity contribution in [3.8, 4) is 0 Å². The number of aliphatic hydroxyl groups excluding tert-OH is 1. The van der Waals surface area contributed by atoms with E-state index in [2.05, 4.69) is 5.32 Å². The summed E-state index contributed by atoms with van der Waals surface area (Å²) in [4.78, 5) is 14.2. The fourth-order valence-electron chi connectivity index (χ4n) is 2.74. The number of nitrogens with zero attached hydrogens (tertiary/aromatic N) is 1. The summed E-state index contributed by atoms with van der Waals surface area (Å²) >= 11 is 0. The molecule has 1 unspecified atom stereocenters. The molecule has 4 heteroatoms. The summed E-state index contributed by atoms with van der Waals surface area (Å²) in [6.07, 6.45) is 6.43. The van der Waals surface area contributed by atoms with E-state index >= 15 is 0 Å². The molecule has 0 aromatic heterocycles. The van der Waals surface area contributed by atoms with Crippen LogP contribution in [0, 0.1) is 0 Å². The highest BCUT2D eigenvalue weighted by atomic mass is 16.3. The summed E-state index contributed by atoms with van der Waals surface area (Å²) in [7, 11) is 0. The van der Waals surface area contributed by atoms with Crippen molar-refractivity contribution in [2.45, 2.75) is 50.6 Å². The third-order valence-electron chi connectivity index (χ3n) is 3.73. The van der Waals surface area contributed by atoms with Gasteiger partial charge in [0.25, 0.3) is 0 Å². The molecule has 0 radical (unpaired) electrons. The van der Waals surface area contributed by atoms with Gasteiger partial charge in [-0.1, -0.05) is 6.42 Å². The minimum atomic E-state index is 0.000833. The first-order valence-electron chi connectivity index (χ1n) is 6.47. The summed E-state index contributed by atoms with van der Waals surface area (Å²) in [5.41, 5.74) is 0. The van der Waals surface area contributed by atoms with Crippen LogP contribution < -0.4 is 5.32 Å². The minimum absolute atomic E-state index is 0.000833. The quantitative estimate of drug-likeness (QED) is 0.721. The predicted molar refractivity (Wildman–Crippen MR) is 62.1 cm³/mol. The topological polar surface area (TPSA) is 52.6 Å². The molecule has 1 amide bonds. The lowest BCUT2D eigenvalue weighted by Crippen LogP contribution is -2.54. The predicted octanol–water partition coefficient (Wildman–Crippen LogP) is 0.502. The smallest absolute Gasteiger partial charge is 0.240 e. The van der Waals surface area contributed by atoms with Crippen LogP contribution in [0.5, 0.6) is 0 Å². The maximum absolute atomic E-state index is 12.3. The second-order valence-electron chi connectivity index (χ2n) is 4.87. The van der Waals surface area contributed by atoms with Crippen LogP contribution in [-0.2, 0) is 4.79 Å². The third kappa shape index (κ3) is 2.55. The minimum Gasteiger partial charge on any atom is -0.394 e. The van der Waals surface area contributed by atoms with Crippen molar-refractivity contribution in [1.29, 1.82) is 0 Å². The molecule has 92 valence electrons. The molecule has 2 N–H and O–H groups in total. The number of hydrogen-bond acceptors (Lipinski definition) is 3. The molecule has 4 nitrogen and oxygen atoms in total. The molecule has 2 rings (SSSR count). The van der Waals surface area contributed by atoms with Gasteiger partial charge >= 0.3 is 0 Å². The normalized spacial score (nSPS) is 31.4. The fraction of sp³-hybridized carbons (Fsp3) is 0.917. The second-order valence-corrected chi connectivity index (χ2v) is 4.87. The van der Waals surface area contributed by atoms with Gasteiger partial charge in [-0.15, -0.1) is 0 Å².